The largest absolute Gasteiger partial charge is 0.488 e. The average molecular weight is 645 g/mol. The van der Waals surface area contributed by atoms with E-state index in [1.165, 1.54) is 30.6 Å². The van der Waals surface area contributed by atoms with Gasteiger partial charge in [0.2, 0.25) is 0 Å². The third-order valence-electron chi connectivity index (χ3n) is 7.41. The second kappa shape index (κ2) is 13.6. The number of fused-ring (bicyclic) bond motifs is 2. The van der Waals surface area contributed by atoms with E-state index in [2.05, 4.69) is 42.2 Å². The smallest absolute Gasteiger partial charge is 0.357 e. The van der Waals surface area contributed by atoms with Crippen LogP contribution in [0.25, 0.3) is 10.2 Å². The number of carbonyl (C=O) groups excluding carboxylic acids is 1. The first-order valence-corrected chi connectivity index (χ1v) is 15.9. The van der Waals surface area contributed by atoms with Crippen LogP contribution in [-0.4, -0.2) is 64.2 Å². The van der Waals surface area contributed by atoms with Crippen molar-refractivity contribution < 1.29 is 23.8 Å². The molecule has 1 aliphatic rings. The van der Waals surface area contributed by atoms with Gasteiger partial charge < -0.3 is 24.8 Å². The second-order valence-electron chi connectivity index (χ2n) is 10.3. The Hall–Kier alpha value is -4.64. The molecule has 45 heavy (non-hydrogen) atoms. The molecule has 0 bridgehead atoms. The lowest BCUT2D eigenvalue weighted by Crippen LogP contribution is -2.45. The standard InChI is InChI=1S/C32H29FN6O4S2/c1-19-22-8-5-13-39(30(22)38-37-29(19)36-32-35-24-9-3-4-10-27(24)45-32)21(16-28-34-25(18-44-28)31(41)42-2)17-43-26-12-11-20(7-6-14-40)15-23(26)33/h3-4,9-12,15,18,21,40H,5,8,13-14,16-17H2,1-2H3,(H,35,36,37). The quantitative estimate of drug-likeness (QED) is 0.161. The van der Waals surface area contributed by atoms with Gasteiger partial charge in [-0.2, -0.15) is 0 Å². The minimum Gasteiger partial charge on any atom is -0.488 e. The third kappa shape index (κ3) is 6.73. The third-order valence-corrected chi connectivity index (χ3v) is 9.23. The Kier molecular flexibility index (Phi) is 9.16. The van der Waals surface area contributed by atoms with E-state index in [0.717, 1.165) is 45.1 Å². The van der Waals surface area contributed by atoms with E-state index in [-0.39, 0.29) is 30.7 Å². The zero-order valence-electron chi connectivity index (χ0n) is 24.5. The van der Waals surface area contributed by atoms with Gasteiger partial charge in [0.25, 0.3) is 0 Å². The van der Waals surface area contributed by atoms with E-state index in [4.69, 9.17) is 14.6 Å². The van der Waals surface area contributed by atoms with Crippen LogP contribution >= 0.6 is 22.7 Å². The molecule has 0 saturated carbocycles. The summed E-state index contributed by atoms with van der Waals surface area (Å²) in [6.07, 6.45) is 2.12. The number of anilines is 3. The zero-order chi connectivity index (χ0) is 31.3. The number of aliphatic hydroxyl groups is 1. The summed E-state index contributed by atoms with van der Waals surface area (Å²) >= 11 is 2.91. The van der Waals surface area contributed by atoms with Crippen molar-refractivity contribution in [3.05, 3.63) is 81.1 Å². The van der Waals surface area contributed by atoms with Crippen molar-refractivity contribution in [3.8, 4) is 17.6 Å². The number of ether oxygens (including phenoxy) is 2. The van der Waals surface area contributed by atoms with Crippen LogP contribution in [0.5, 0.6) is 5.75 Å². The first kappa shape index (κ1) is 30.4. The number of aliphatic hydroxyl groups excluding tert-OH is 1. The minimum atomic E-state index is -0.555. The van der Waals surface area contributed by atoms with Crippen molar-refractivity contribution in [2.45, 2.75) is 32.2 Å². The van der Waals surface area contributed by atoms with Gasteiger partial charge in [0.05, 0.1) is 28.4 Å². The zero-order valence-corrected chi connectivity index (χ0v) is 26.2. The van der Waals surface area contributed by atoms with Crippen LogP contribution in [0, 0.1) is 24.6 Å². The minimum absolute atomic E-state index is 0.0822. The molecule has 0 saturated heterocycles. The molecule has 10 nitrogen and oxygen atoms in total. The highest BCUT2D eigenvalue weighted by Gasteiger charge is 2.30. The van der Waals surface area contributed by atoms with Gasteiger partial charge in [-0.3, -0.25) is 0 Å². The van der Waals surface area contributed by atoms with E-state index >= 15 is 0 Å². The van der Waals surface area contributed by atoms with Gasteiger partial charge in [0.1, 0.15) is 13.2 Å². The van der Waals surface area contributed by atoms with Crippen molar-refractivity contribution in [2.75, 3.05) is 37.1 Å². The van der Waals surface area contributed by atoms with Gasteiger partial charge in [-0.1, -0.05) is 35.3 Å². The van der Waals surface area contributed by atoms with Crippen LogP contribution in [-0.2, 0) is 17.6 Å². The van der Waals surface area contributed by atoms with Crippen molar-refractivity contribution >= 4 is 55.6 Å². The molecule has 0 radical (unpaired) electrons. The Bertz CT molecular complexity index is 1880. The van der Waals surface area contributed by atoms with Gasteiger partial charge in [-0.05, 0) is 50.1 Å². The first-order valence-electron chi connectivity index (χ1n) is 14.2. The highest BCUT2D eigenvalue weighted by Crippen LogP contribution is 2.35. The Labute approximate surface area is 266 Å². The van der Waals surface area contributed by atoms with E-state index in [1.807, 2.05) is 31.2 Å². The summed E-state index contributed by atoms with van der Waals surface area (Å²) < 4.78 is 26.9. The maximum absolute atomic E-state index is 14.9. The van der Waals surface area contributed by atoms with Crippen molar-refractivity contribution in [1.82, 2.24) is 20.2 Å². The molecule has 3 aromatic heterocycles. The number of aromatic nitrogens is 4. The summed E-state index contributed by atoms with van der Waals surface area (Å²) in [5, 5.41) is 24.6. The summed E-state index contributed by atoms with van der Waals surface area (Å²) in [5.41, 5.74) is 3.65. The van der Waals surface area contributed by atoms with Crippen molar-refractivity contribution in [2.24, 2.45) is 0 Å². The summed E-state index contributed by atoms with van der Waals surface area (Å²) in [7, 11) is 1.32. The maximum atomic E-state index is 14.9. The molecule has 2 aromatic carbocycles. The van der Waals surface area contributed by atoms with Gasteiger partial charge in [-0.15, -0.1) is 21.5 Å². The number of methoxy groups -OCH3 is 1. The molecule has 5 aromatic rings. The van der Waals surface area contributed by atoms with Gasteiger partial charge >= 0.3 is 5.97 Å². The predicted octanol–water partition coefficient (Wildman–Crippen LogP) is 5.31. The average Bonchev–Trinajstić information content (AvgIpc) is 3.70. The van der Waals surface area contributed by atoms with Crippen LogP contribution in [0.2, 0.25) is 0 Å². The van der Waals surface area contributed by atoms with E-state index < -0.39 is 11.8 Å². The maximum Gasteiger partial charge on any atom is 0.357 e. The fourth-order valence-corrected chi connectivity index (χ4v) is 6.89. The molecule has 1 unspecified atom stereocenters. The Morgan fingerprint density at radius 3 is 2.89 bits per heavy atom. The molecule has 0 fully saturated rings. The molecule has 1 atom stereocenters. The summed E-state index contributed by atoms with van der Waals surface area (Å²) in [6, 6.07) is 12.1. The molecule has 4 heterocycles. The van der Waals surface area contributed by atoms with E-state index in [1.54, 1.807) is 22.8 Å². The number of hydrogen-bond donors (Lipinski definition) is 2. The molecule has 0 amide bonds. The van der Waals surface area contributed by atoms with E-state index in [9.17, 15) is 9.18 Å². The molecule has 13 heteroatoms. The van der Waals surface area contributed by atoms with E-state index in [0.29, 0.717) is 29.4 Å². The molecule has 6 rings (SSSR count). The van der Waals surface area contributed by atoms with Crippen molar-refractivity contribution in [1.29, 1.82) is 0 Å². The topological polar surface area (TPSA) is 123 Å². The SMILES string of the molecule is COC(=O)c1csc(CC(COc2ccc(C#CCO)cc2F)N2CCCc3c2nnc(Nc2nc4ccccc4s2)c3C)n1. The van der Waals surface area contributed by atoms with Crippen LogP contribution in [0.3, 0.4) is 0 Å². The number of rotatable bonds is 9. The fraction of sp³-hybridized carbons (Fsp3) is 0.281. The predicted molar refractivity (Wildman–Crippen MR) is 172 cm³/mol. The number of carbonyl (C=O) groups is 1. The highest BCUT2D eigenvalue weighted by molar-refractivity contribution is 7.22. The first-order chi connectivity index (χ1) is 21.9. The molecule has 2 N–H and O–H groups in total. The summed E-state index contributed by atoms with van der Waals surface area (Å²) in [5.74, 6) is 5.62. The number of thiazole rings is 2. The van der Waals surface area contributed by atoms with Gasteiger partial charge in [-0.25, -0.2) is 19.2 Å². The Morgan fingerprint density at radius 2 is 2.09 bits per heavy atom. The number of nitrogens with zero attached hydrogens (tertiary/aromatic N) is 5. The van der Waals surface area contributed by atoms with Crippen LogP contribution < -0.4 is 15.0 Å². The number of nitrogens with one attached hydrogen (secondary N) is 1. The Morgan fingerprint density at radius 1 is 1.22 bits per heavy atom. The van der Waals surface area contributed by atoms with Crippen LogP contribution in [0.15, 0.2) is 47.8 Å². The highest BCUT2D eigenvalue weighted by atomic mass is 32.1. The summed E-state index contributed by atoms with van der Waals surface area (Å²) in [4.78, 5) is 23.4. The lowest BCUT2D eigenvalue weighted by atomic mass is 9.99. The van der Waals surface area contributed by atoms with Gasteiger partial charge in [0.15, 0.2) is 34.0 Å². The molecule has 230 valence electrons. The number of para-hydroxylation sites is 1. The number of esters is 1. The molecule has 1 aliphatic heterocycles. The molecule has 0 spiro atoms. The fourth-order valence-electron chi connectivity index (χ4n) is 5.19. The molecule has 0 aliphatic carbocycles. The lowest BCUT2D eigenvalue weighted by Gasteiger charge is -2.36. The number of hydrogen-bond acceptors (Lipinski definition) is 12. The Balaban J connectivity index is 1.28. The van der Waals surface area contributed by atoms with Crippen LogP contribution in [0.4, 0.5) is 21.2 Å². The summed E-state index contributed by atoms with van der Waals surface area (Å²) in [6.45, 7) is 2.53. The second-order valence-corrected chi connectivity index (χ2v) is 12.2. The number of halogens is 1. The molecular weight excluding hydrogens is 616 g/mol. The molecular formula is C32H29FN6O4S2. The number of benzene rings is 2. The van der Waals surface area contributed by atoms with Gasteiger partial charge in [0, 0.05) is 35.0 Å². The van der Waals surface area contributed by atoms with Crippen LogP contribution in [0.1, 0.15) is 38.6 Å². The van der Waals surface area contributed by atoms with Crippen molar-refractivity contribution in [3.63, 3.8) is 0 Å². The normalized spacial score (nSPS) is 13.1. The monoisotopic (exact) mass is 644 g/mol. The lowest BCUT2D eigenvalue weighted by molar-refractivity contribution is 0.0594.